The third-order valence-electron chi connectivity index (χ3n) is 2.75. The minimum absolute atomic E-state index is 0.0575. The molecule has 0 heterocycles. The van der Waals surface area contributed by atoms with Crippen LogP contribution >= 0.6 is 0 Å². The van der Waals surface area contributed by atoms with Crippen LogP contribution in [0.1, 0.15) is 25.0 Å². The van der Waals surface area contributed by atoms with Gasteiger partial charge in [0, 0.05) is 0 Å². The molecule has 0 aliphatic carbocycles. The number of carboxylic acid groups (broad SMARTS) is 1. The van der Waals surface area contributed by atoms with E-state index in [1.54, 1.807) is 0 Å². The van der Waals surface area contributed by atoms with Gasteiger partial charge in [0.05, 0.1) is 5.41 Å². The van der Waals surface area contributed by atoms with Crippen LogP contribution in [-0.2, 0) is 17.4 Å². The second-order valence-corrected chi connectivity index (χ2v) is 4.83. The number of alkyl halides is 3. The Labute approximate surface area is 107 Å². The largest absolute Gasteiger partial charge is 0.504 e. The Morgan fingerprint density at radius 2 is 1.68 bits per heavy atom. The zero-order chi connectivity index (χ0) is 15.0. The molecule has 0 bridgehead atoms. The normalized spacial score (nSPS) is 12.5. The summed E-state index contributed by atoms with van der Waals surface area (Å²) in [4.78, 5) is 10.9. The first kappa shape index (κ1) is 15.1. The second kappa shape index (κ2) is 4.64. The van der Waals surface area contributed by atoms with E-state index in [0.717, 1.165) is 6.07 Å². The van der Waals surface area contributed by atoms with E-state index in [4.69, 9.17) is 5.11 Å². The summed E-state index contributed by atoms with van der Waals surface area (Å²) in [5.74, 6) is -3.39. The van der Waals surface area contributed by atoms with Crippen LogP contribution < -0.4 is 0 Å². The molecule has 0 atom stereocenters. The number of phenolic OH excluding ortho intramolecular Hbond substituents is 2. The molecule has 19 heavy (non-hydrogen) atoms. The van der Waals surface area contributed by atoms with Gasteiger partial charge in [0.15, 0.2) is 11.5 Å². The average molecular weight is 278 g/mol. The molecule has 0 aliphatic heterocycles. The fourth-order valence-corrected chi connectivity index (χ4v) is 1.54. The van der Waals surface area contributed by atoms with Gasteiger partial charge in [-0.05, 0) is 31.9 Å². The fourth-order valence-electron chi connectivity index (χ4n) is 1.54. The predicted octanol–water partition coefficient (Wildman–Crippen LogP) is 2.77. The first-order valence-corrected chi connectivity index (χ1v) is 5.31. The van der Waals surface area contributed by atoms with Crippen molar-refractivity contribution < 1.29 is 33.3 Å². The van der Waals surface area contributed by atoms with Crippen LogP contribution in [-0.4, -0.2) is 21.3 Å². The number of benzene rings is 1. The molecule has 0 fully saturated rings. The Bertz CT molecular complexity index is 506. The molecule has 0 saturated carbocycles. The summed E-state index contributed by atoms with van der Waals surface area (Å²) >= 11 is 0. The van der Waals surface area contributed by atoms with Crippen LogP contribution in [0.25, 0.3) is 0 Å². The molecule has 1 rings (SSSR count). The minimum atomic E-state index is -4.79. The van der Waals surface area contributed by atoms with Crippen molar-refractivity contribution in [2.75, 3.05) is 0 Å². The van der Waals surface area contributed by atoms with Crippen molar-refractivity contribution in [2.45, 2.75) is 26.4 Å². The quantitative estimate of drug-likeness (QED) is 0.743. The van der Waals surface area contributed by atoms with E-state index in [-0.39, 0.29) is 12.0 Å². The van der Waals surface area contributed by atoms with Crippen molar-refractivity contribution >= 4 is 5.97 Å². The molecule has 3 N–H and O–H groups in total. The molecular formula is C12H13F3O4. The van der Waals surface area contributed by atoms with Gasteiger partial charge in [0.1, 0.15) is 5.56 Å². The fraction of sp³-hybridized carbons (Fsp3) is 0.417. The monoisotopic (exact) mass is 278 g/mol. The lowest BCUT2D eigenvalue weighted by atomic mass is 9.85. The average Bonchev–Trinajstić information content (AvgIpc) is 2.22. The number of carboxylic acids is 1. The van der Waals surface area contributed by atoms with Crippen LogP contribution in [0, 0.1) is 5.41 Å². The Hall–Kier alpha value is -1.92. The number of aromatic hydroxyl groups is 2. The molecule has 0 amide bonds. The maximum Gasteiger partial charge on any atom is 0.420 e. The van der Waals surface area contributed by atoms with Crippen molar-refractivity contribution in [3.05, 3.63) is 23.3 Å². The smallest absolute Gasteiger partial charge is 0.420 e. The molecule has 0 saturated heterocycles. The first-order valence-electron chi connectivity index (χ1n) is 5.31. The summed E-state index contributed by atoms with van der Waals surface area (Å²) in [5, 5.41) is 27.8. The molecule has 4 nitrogen and oxygen atoms in total. The SMILES string of the molecule is CC(C)(Cc1ccc(C(F)(F)F)c(O)c1O)C(=O)O. The van der Waals surface area contributed by atoms with Gasteiger partial charge >= 0.3 is 12.1 Å². The standard InChI is InChI=1S/C12H13F3O4/c1-11(2,10(18)19)5-6-3-4-7(12(13,14)15)9(17)8(6)16/h3-4,16-17H,5H2,1-2H3,(H,18,19). The van der Waals surface area contributed by atoms with Gasteiger partial charge in [-0.3, -0.25) is 4.79 Å². The van der Waals surface area contributed by atoms with Gasteiger partial charge in [-0.15, -0.1) is 0 Å². The lowest BCUT2D eigenvalue weighted by Gasteiger charge is -2.20. The summed E-state index contributed by atoms with van der Waals surface area (Å²) in [7, 11) is 0. The molecule has 0 spiro atoms. The van der Waals surface area contributed by atoms with E-state index in [1.165, 1.54) is 13.8 Å². The third kappa shape index (κ3) is 3.10. The number of hydrogen-bond donors (Lipinski definition) is 3. The van der Waals surface area contributed by atoms with Crippen LogP contribution in [0.4, 0.5) is 13.2 Å². The van der Waals surface area contributed by atoms with Gasteiger partial charge < -0.3 is 15.3 Å². The number of aliphatic carboxylic acids is 1. The zero-order valence-electron chi connectivity index (χ0n) is 10.2. The van der Waals surface area contributed by atoms with Crippen LogP contribution in [0.2, 0.25) is 0 Å². The zero-order valence-corrected chi connectivity index (χ0v) is 10.2. The molecule has 0 radical (unpaired) electrons. The van der Waals surface area contributed by atoms with E-state index in [0.29, 0.717) is 6.07 Å². The van der Waals surface area contributed by atoms with E-state index >= 15 is 0 Å². The van der Waals surface area contributed by atoms with Crippen LogP contribution in [0.15, 0.2) is 12.1 Å². The molecule has 0 unspecified atom stereocenters. The lowest BCUT2D eigenvalue weighted by Crippen LogP contribution is -2.26. The number of hydrogen-bond acceptors (Lipinski definition) is 3. The molecule has 1 aromatic carbocycles. The molecule has 106 valence electrons. The number of carbonyl (C=O) groups is 1. The highest BCUT2D eigenvalue weighted by Crippen LogP contribution is 2.43. The number of halogens is 3. The van der Waals surface area contributed by atoms with Crippen molar-refractivity contribution in [3.63, 3.8) is 0 Å². The van der Waals surface area contributed by atoms with Crippen molar-refractivity contribution in [3.8, 4) is 11.5 Å². The van der Waals surface area contributed by atoms with Gasteiger partial charge in [-0.2, -0.15) is 13.2 Å². The Kier molecular flexibility index (Phi) is 3.70. The lowest BCUT2D eigenvalue weighted by molar-refractivity contribution is -0.147. The van der Waals surface area contributed by atoms with Crippen molar-refractivity contribution in [1.82, 2.24) is 0 Å². The number of phenols is 2. The Morgan fingerprint density at radius 1 is 1.16 bits per heavy atom. The third-order valence-corrected chi connectivity index (χ3v) is 2.75. The Balaban J connectivity index is 3.21. The summed E-state index contributed by atoms with van der Waals surface area (Å²) in [6.07, 6.45) is -5.00. The van der Waals surface area contributed by atoms with Crippen LogP contribution in [0.5, 0.6) is 11.5 Å². The summed E-state index contributed by atoms with van der Waals surface area (Å²) in [5.41, 5.74) is -2.69. The van der Waals surface area contributed by atoms with E-state index < -0.39 is 34.6 Å². The molecule has 1 aromatic rings. The maximum atomic E-state index is 12.5. The Morgan fingerprint density at radius 3 is 2.11 bits per heavy atom. The topological polar surface area (TPSA) is 77.8 Å². The maximum absolute atomic E-state index is 12.5. The van der Waals surface area contributed by atoms with Crippen molar-refractivity contribution in [2.24, 2.45) is 5.41 Å². The van der Waals surface area contributed by atoms with Gasteiger partial charge in [-0.25, -0.2) is 0 Å². The molecule has 0 aromatic heterocycles. The second-order valence-electron chi connectivity index (χ2n) is 4.83. The predicted molar refractivity (Wildman–Crippen MR) is 59.9 cm³/mol. The highest BCUT2D eigenvalue weighted by atomic mass is 19.4. The summed E-state index contributed by atoms with van der Waals surface area (Å²) in [6, 6.07) is 1.57. The highest BCUT2D eigenvalue weighted by Gasteiger charge is 2.36. The number of rotatable bonds is 3. The van der Waals surface area contributed by atoms with Crippen LogP contribution in [0.3, 0.4) is 0 Å². The molecule has 7 heteroatoms. The minimum Gasteiger partial charge on any atom is -0.504 e. The first-order chi connectivity index (χ1) is 8.47. The summed E-state index contributed by atoms with van der Waals surface area (Å²) in [6.45, 7) is 2.73. The van der Waals surface area contributed by atoms with Gasteiger partial charge in [-0.1, -0.05) is 6.07 Å². The molecular weight excluding hydrogens is 265 g/mol. The van der Waals surface area contributed by atoms with Gasteiger partial charge in [0.2, 0.25) is 0 Å². The van der Waals surface area contributed by atoms with E-state index in [9.17, 15) is 28.2 Å². The van der Waals surface area contributed by atoms with Crippen molar-refractivity contribution in [1.29, 1.82) is 0 Å². The van der Waals surface area contributed by atoms with E-state index in [2.05, 4.69) is 0 Å². The summed E-state index contributed by atoms with van der Waals surface area (Å²) < 4.78 is 37.4. The molecule has 0 aliphatic rings. The van der Waals surface area contributed by atoms with E-state index in [1.807, 2.05) is 0 Å². The van der Waals surface area contributed by atoms with Gasteiger partial charge in [0.25, 0.3) is 0 Å². The highest BCUT2D eigenvalue weighted by molar-refractivity contribution is 5.74.